The van der Waals surface area contributed by atoms with Gasteiger partial charge < -0.3 is 10.1 Å². The average Bonchev–Trinajstić information content (AvgIpc) is 3.45. The molecule has 1 aromatic carbocycles. The number of hydrogen-bond acceptors (Lipinski definition) is 7. The molecule has 168 valence electrons. The van der Waals surface area contributed by atoms with Crippen LogP contribution in [0.1, 0.15) is 40.0 Å². The second-order valence-corrected chi connectivity index (χ2v) is 9.74. The molecule has 2 aliphatic rings. The van der Waals surface area contributed by atoms with Gasteiger partial charge in [0.2, 0.25) is 0 Å². The van der Waals surface area contributed by atoms with Gasteiger partial charge in [-0.05, 0) is 42.5 Å². The molecule has 0 amide bonds. The molecular weight excluding hydrogens is 430 g/mol. The summed E-state index contributed by atoms with van der Waals surface area (Å²) in [5, 5.41) is 5.00. The normalized spacial score (nSPS) is 17.2. The Bertz CT molecular complexity index is 1200. The second kappa shape index (κ2) is 9.17. The maximum absolute atomic E-state index is 5.52. The number of pyridine rings is 1. The van der Waals surface area contributed by atoms with Gasteiger partial charge in [0.1, 0.15) is 16.5 Å². The number of thiophene rings is 1. The average molecular weight is 458 g/mol. The number of aromatic nitrogens is 3. The van der Waals surface area contributed by atoms with Crippen LogP contribution >= 0.6 is 11.3 Å². The molecule has 1 unspecified atom stereocenters. The Morgan fingerprint density at radius 3 is 2.67 bits per heavy atom. The Hall–Kier alpha value is -2.87. The number of fused-ring (bicyclic) bond motifs is 3. The Morgan fingerprint density at radius 2 is 1.85 bits per heavy atom. The minimum atomic E-state index is -0.0845. The standard InChI is InChI=1S/C26H27N5OS/c1-2-7-18(8-3-1)24(20-10-4-5-12-27-20)30-25-23-19-9-6-11-21(19)33-26(23)29-22(28-25)17-31-13-15-32-16-14-31/h1-5,7-8,10,12,24H,6,9,11,13-17H2,(H,28,29,30). The number of hydrogen-bond donors (Lipinski definition) is 1. The van der Waals surface area contributed by atoms with Crippen LogP contribution in [0, 0.1) is 0 Å². The summed E-state index contributed by atoms with van der Waals surface area (Å²) in [7, 11) is 0. The van der Waals surface area contributed by atoms with E-state index in [0.29, 0.717) is 0 Å². The number of morpholine rings is 1. The number of nitrogens with zero attached hydrogens (tertiary/aromatic N) is 4. The molecule has 0 saturated carbocycles. The highest BCUT2D eigenvalue weighted by atomic mass is 32.1. The molecule has 1 saturated heterocycles. The quantitative estimate of drug-likeness (QED) is 0.456. The van der Waals surface area contributed by atoms with E-state index >= 15 is 0 Å². The van der Waals surface area contributed by atoms with Crippen molar-refractivity contribution in [3.8, 4) is 0 Å². The molecule has 1 N–H and O–H groups in total. The first-order valence-electron chi connectivity index (χ1n) is 11.7. The van der Waals surface area contributed by atoms with E-state index in [-0.39, 0.29) is 6.04 Å². The van der Waals surface area contributed by atoms with Crippen LogP contribution < -0.4 is 5.32 Å². The summed E-state index contributed by atoms with van der Waals surface area (Å²) >= 11 is 1.85. The van der Waals surface area contributed by atoms with Gasteiger partial charge >= 0.3 is 0 Å². The fourth-order valence-corrected chi connectivity index (χ4v) is 6.11. The Morgan fingerprint density at radius 1 is 1.00 bits per heavy atom. The number of nitrogens with one attached hydrogen (secondary N) is 1. The van der Waals surface area contributed by atoms with Crippen molar-refractivity contribution in [2.75, 3.05) is 31.6 Å². The molecule has 0 radical (unpaired) electrons. The molecule has 1 aliphatic heterocycles. The fourth-order valence-electron chi connectivity index (χ4n) is 4.83. The Balaban J connectivity index is 1.43. The van der Waals surface area contributed by atoms with E-state index in [9.17, 15) is 0 Å². The third-order valence-electron chi connectivity index (χ3n) is 6.48. The van der Waals surface area contributed by atoms with Crippen LogP contribution in [0.4, 0.5) is 5.82 Å². The summed E-state index contributed by atoms with van der Waals surface area (Å²) < 4.78 is 5.52. The minimum absolute atomic E-state index is 0.0845. The Kier molecular flexibility index (Phi) is 5.76. The van der Waals surface area contributed by atoms with Crippen LogP contribution in [0.15, 0.2) is 54.7 Å². The van der Waals surface area contributed by atoms with Crippen molar-refractivity contribution in [1.82, 2.24) is 19.9 Å². The number of anilines is 1. The number of benzene rings is 1. The zero-order valence-corrected chi connectivity index (χ0v) is 19.4. The maximum Gasteiger partial charge on any atom is 0.146 e. The maximum atomic E-state index is 5.52. The molecule has 4 heterocycles. The largest absolute Gasteiger partial charge is 0.379 e. The molecule has 3 aromatic heterocycles. The first-order valence-corrected chi connectivity index (χ1v) is 12.5. The predicted molar refractivity (Wildman–Crippen MR) is 132 cm³/mol. The molecule has 4 aromatic rings. The predicted octanol–water partition coefficient (Wildman–Crippen LogP) is 4.61. The lowest BCUT2D eigenvalue weighted by Gasteiger charge is -2.26. The van der Waals surface area contributed by atoms with Crippen molar-refractivity contribution in [2.45, 2.75) is 31.8 Å². The summed E-state index contributed by atoms with van der Waals surface area (Å²) in [6.45, 7) is 4.14. The van der Waals surface area contributed by atoms with Crippen molar-refractivity contribution in [3.63, 3.8) is 0 Å². The molecule has 1 atom stereocenters. The highest BCUT2D eigenvalue weighted by molar-refractivity contribution is 7.19. The molecule has 1 aliphatic carbocycles. The van der Waals surface area contributed by atoms with Crippen molar-refractivity contribution < 1.29 is 4.74 Å². The van der Waals surface area contributed by atoms with Crippen LogP contribution in [0.5, 0.6) is 0 Å². The summed E-state index contributed by atoms with van der Waals surface area (Å²) in [5.41, 5.74) is 3.59. The van der Waals surface area contributed by atoms with E-state index in [1.165, 1.54) is 27.8 Å². The van der Waals surface area contributed by atoms with Crippen molar-refractivity contribution in [2.24, 2.45) is 0 Å². The summed E-state index contributed by atoms with van der Waals surface area (Å²) in [4.78, 5) is 19.8. The van der Waals surface area contributed by atoms with Gasteiger partial charge in [0.15, 0.2) is 0 Å². The van der Waals surface area contributed by atoms with Crippen LogP contribution in [-0.2, 0) is 24.1 Å². The van der Waals surface area contributed by atoms with Crippen LogP contribution in [0.25, 0.3) is 10.2 Å². The molecule has 0 bridgehead atoms. The minimum Gasteiger partial charge on any atom is -0.379 e. The lowest BCUT2D eigenvalue weighted by molar-refractivity contribution is 0.0331. The molecule has 33 heavy (non-hydrogen) atoms. The molecule has 6 rings (SSSR count). The monoisotopic (exact) mass is 457 g/mol. The van der Waals surface area contributed by atoms with Gasteiger partial charge in [-0.25, -0.2) is 9.97 Å². The van der Waals surface area contributed by atoms with Gasteiger partial charge in [0, 0.05) is 24.2 Å². The van der Waals surface area contributed by atoms with E-state index in [4.69, 9.17) is 14.7 Å². The third-order valence-corrected chi connectivity index (χ3v) is 7.66. The molecule has 7 heteroatoms. The van der Waals surface area contributed by atoms with E-state index in [0.717, 1.165) is 67.9 Å². The SMILES string of the molecule is c1ccc(C(Nc2nc(CN3CCOCC3)nc3sc4c(c23)CCC4)c2ccccn2)cc1. The van der Waals surface area contributed by atoms with E-state index in [1.807, 2.05) is 35.7 Å². The third kappa shape index (κ3) is 4.24. The fraction of sp³-hybridized carbons (Fsp3) is 0.346. The van der Waals surface area contributed by atoms with Gasteiger partial charge in [-0.2, -0.15) is 0 Å². The van der Waals surface area contributed by atoms with Gasteiger partial charge in [-0.15, -0.1) is 11.3 Å². The highest BCUT2D eigenvalue weighted by Crippen LogP contribution is 2.41. The summed E-state index contributed by atoms with van der Waals surface area (Å²) in [5.74, 6) is 1.81. The van der Waals surface area contributed by atoms with Crippen molar-refractivity contribution in [3.05, 3.63) is 82.3 Å². The van der Waals surface area contributed by atoms with Crippen molar-refractivity contribution >= 4 is 27.4 Å². The zero-order chi connectivity index (χ0) is 22.0. The van der Waals surface area contributed by atoms with E-state index in [2.05, 4.69) is 45.5 Å². The zero-order valence-electron chi connectivity index (χ0n) is 18.5. The topological polar surface area (TPSA) is 63.2 Å². The second-order valence-electron chi connectivity index (χ2n) is 8.66. The molecular formula is C26H27N5OS. The molecule has 0 spiro atoms. The Labute approximate surface area is 197 Å². The molecule has 6 nitrogen and oxygen atoms in total. The van der Waals surface area contributed by atoms with Crippen LogP contribution in [0.2, 0.25) is 0 Å². The highest BCUT2D eigenvalue weighted by Gasteiger charge is 2.25. The number of rotatable bonds is 6. The summed E-state index contributed by atoms with van der Waals surface area (Å²) in [6.07, 6.45) is 5.33. The van der Waals surface area contributed by atoms with Gasteiger partial charge in [0.05, 0.1) is 36.9 Å². The number of ether oxygens (including phenoxy) is 1. The lowest BCUT2D eigenvalue weighted by Crippen LogP contribution is -2.36. The van der Waals surface area contributed by atoms with E-state index < -0.39 is 0 Å². The van der Waals surface area contributed by atoms with Gasteiger partial charge in [0.25, 0.3) is 0 Å². The smallest absolute Gasteiger partial charge is 0.146 e. The van der Waals surface area contributed by atoms with E-state index in [1.54, 1.807) is 0 Å². The van der Waals surface area contributed by atoms with Crippen LogP contribution in [-0.4, -0.2) is 46.2 Å². The van der Waals surface area contributed by atoms with Crippen molar-refractivity contribution in [1.29, 1.82) is 0 Å². The van der Waals surface area contributed by atoms with Gasteiger partial charge in [-0.3, -0.25) is 9.88 Å². The number of aryl methyl sites for hydroxylation is 2. The summed E-state index contributed by atoms with van der Waals surface area (Å²) in [6, 6.07) is 16.5. The van der Waals surface area contributed by atoms with Gasteiger partial charge in [-0.1, -0.05) is 36.4 Å². The van der Waals surface area contributed by atoms with Crippen LogP contribution in [0.3, 0.4) is 0 Å². The first-order chi connectivity index (χ1) is 16.3. The lowest BCUT2D eigenvalue weighted by atomic mass is 10.0. The first kappa shape index (κ1) is 20.7. The molecule has 1 fully saturated rings.